The summed E-state index contributed by atoms with van der Waals surface area (Å²) in [5.41, 5.74) is -0.482. The van der Waals surface area contributed by atoms with Gasteiger partial charge in [-0.05, 0) is 58.9 Å². The van der Waals surface area contributed by atoms with Crippen molar-refractivity contribution in [3.8, 4) is 0 Å². The van der Waals surface area contributed by atoms with E-state index < -0.39 is 5.60 Å². The van der Waals surface area contributed by atoms with E-state index in [0.29, 0.717) is 18.4 Å². The summed E-state index contributed by atoms with van der Waals surface area (Å²) in [6.07, 6.45) is 1.92. The number of nitrogens with one attached hydrogen (secondary N) is 2. The fourth-order valence-corrected chi connectivity index (χ4v) is 2.57. The zero-order chi connectivity index (χ0) is 16.8. The van der Waals surface area contributed by atoms with Crippen molar-refractivity contribution in [3.63, 3.8) is 0 Å². The molecule has 0 aromatic heterocycles. The number of carbonyl (C=O) groups excluding carboxylic acids is 1. The van der Waals surface area contributed by atoms with Crippen molar-refractivity contribution in [3.05, 3.63) is 0 Å². The minimum atomic E-state index is -0.454. The third kappa shape index (κ3) is 7.45. The van der Waals surface area contributed by atoms with Crippen molar-refractivity contribution in [1.29, 1.82) is 0 Å². The van der Waals surface area contributed by atoms with Crippen LogP contribution in [0.25, 0.3) is 0 Å². The molecule has 130 valence electrons. The summed E-state index contributed by atoms with van der Waals surface area (Å²) in [7, 11) is 0. The standard InChI is InChI=1S/C17H34N2O3/c1-13(2)14(11-19-15(20)22-16(3,4)5)10-18-12-17(6)8-7-9-21-17/h13-14,18H,7-12H2,1-6H3,(H,19,20). The number of alkyl carbamates (subject to hydrolysis) is 1. The molecule has 1 saturated heterocycles. The topological polar surface area (TPSA) is 59.6 Å². The molecule has 0 spiro atoms. The first kappa shape index (κ1) is 19.2. The highest BCUT2D eigenvalue weighted by molar-refractivity contribution is 5.67. The molecule has 1 aliphatic rings. The minimum Gasteiger partial charge on any atom is -0.444 e. The molecule has 0 radical (unpaired) electrons. The van der Waals surface area contributed by atoms with Crippen LogP contribution in [0, 0.1) is 11.8 Å². The van der Waals surface area contributed by atoms with E-state index in [-0.39, 0.29) is 11.7 Å². The van der Waals surface area contributed by atoms with Crippen LogP contribution in [0.15, 0.2) is 0 Å². The second-order valence-corrected chi connectivity index (χ2v) is 7.92. The zero-order valence-corrected chi connectivity index (χ0v) is 15.1. The summed E-state index contributed by atoms with van der Waals surface area (Å²) in [5.74, 6) is 0.859. The molecule has 5 nitrogen and oxygen atoms in total. The number of carbonyl (C=O) groups is 1. The van der Waals surface area contributed by atoms with Crippen molar-refractivity contribution in [2.45, 2.75) is 65.6 Å². The summed E-state index contributed by atoms with van der Waals surface area (Å²) >= 11 is 0. The van der Waals surface area contributed by atoms with E-state index >= 15 is 0 Å². The van der Waals surface area contributed by atoms with Crippen molar-refractivity contribution in [2.24, 2.45) is 11.8 Å². The molecule has 0 aromatic rings. The van der Waals surface area contributed by atoms with E-state index in [9.17, 15) is 4.79 Å². The smallest absolute Gasteiger partial charge is 0.407 e. The SMILES string of the molecule is CC(C)C(CNCC1(C)CCCO1)CNC(=O)OC(C)(C)C. The Balaban J connectivity index is 2.31. The predicted octanol–water partition coefficient (Wildman–Crippen LogP) is 2.94. The maximum atomic E-state index is 11.7. The Hall–Kier alpha value is -0.810. The maximum Gasteiger partial charge on any atom is 0.407 e. The lowest BCUT2D eigenvalue weighted by Gasteiger charge is -2.27. The van der Waals surface area contributed by atoms with Crippen LogP contribution in [-0.4, -0.2) is 43.5 Å². The molecule has 1 fully saturated rings. The molecule has 2 unspecified atom stereocenters. The summed E-state index contributed by atoms with van der Waals surface area (Å²) < 4.78 is 11.1. The fraction of sp³-hybridized carbons (Fsp3) is 0.941. The van der Waals surface area contributed by atoms with Crippen LogP contribution in [0.4, 0.5) is 4.79 Å². The van der Waals surface area contributed by atoms with Crippen LogP contribution < -0.4 is 10.6 Å². The normalized spacial score (nSPS) is 23.6. The van der Waals surface area contributed by atoms with E-state index in [4.69, 9.17) is 9.47 Å². The Morgan fingerprint density at radius 1 is 1.32 bits per heavy atom. The number of hydrogen-bond acceptors (Lipinski definition) is 4. The average Bonchev–Trinajstić information content (AvgIpc) is 2.78. The molecule has 0 saturated carbocycles. The second-order valence-electron chi connectivity index (χ2n) is 7.92. The van der Waals surface area contributed by atoms with Gasteiger partial charge in [0.05, 0.1) is 5.60 Å². The van der Waals surface area contributed by atoms with Crippen molar-refractivity contribution in [2.75, 3.05) is 26.2 Å². The second kappa shape index (κ2) is 8.16. The highest BCUT2D eigenvalue weighted by atomic mass is 16.6. The quantitative estimate of drug-likeness (QED) is 0.758. The van der Waals surface area contributed by atoms with Crippen LogP contribution in [-0.2, 0) is 9.47 Å². The molecule has 0 aromatic carbocycles. The first-order chi connectivity index (χ1) is 10.1. The molecule has 2 atom stereocenters. The van der Waals surface area contributed by atoms with Gasteiger partial charge >= 0.3 is 6.09 Å². The molecule has 5 heteroatoms. The molecule has 1 heterocycles. The Morgan fingerprint density at radius 3 is 2.50 bits per heavy atom. The van der Waals surface area contributed by atoms with Crippen LogP contribution in [0.1, 0.15) is 54.4 Å². The highest BCUT2D eigenvalue weighted by Gasteiger charge is 2.29. The summed E-state index contributed by atoms with van der Waals surface area (Å²) in [6.45, 7) is 15.4. The van der Waals surface area contributed by atoms with Crippen LogP contribution in [0.2, 0.25) is 0 Å². The Labute approximate surface area is 135 Å². The molecule has 1 amide bonds. The van der Waals surface area contributed by atoms with E-state index in [1.807, 2.05) is 20.8 Å². The molecular formula is C17H34N2O3. The molecular weight excluding hydrogens is 280 g/mol. The van der Waals surface area contributed by atoms with E-state index in [1.54, 1.807) is 0 Å². The van der Waals surface area contributed by atoms with Gasteiger partial charge in [-0.3, -0.25) is 0 Å². The van der Waals surface area contributed by atoms with Crippen molar-refractivity contribution in [1.82, 2.24) is 10.6 Å². The van der Waals surface area contributed by atoms with Crippen LogP contribution >= 0.6 is 0 Å². The maximum absolute atomic E-state index is 11.7. The van der Waals surface area contributed by atoms with Gasteiger partial charge in [0.15, 0.2) is 0 Å². The minimum absolute atomic E-state index is 0.0277. The van der Waals surface area contributed by atoms with Gasteiger partial charge in [0.2, 0.25) is 0 Å². The number of rotatable bonds is 7. The summed E-state index contributed by atoms with van der Waals surface area (Å²) in [6, 6.07) is 0. The van der Waals surface area contributed by atoms with Gasteiger partial charge in [0.25, 0.3) is 0 Å². The van der Waals surface area contributed by atoms with Gasteiger partial charge in [0, 0.05) is 19.7 Å². The van der Waals surface area contributed by atoms with E-state index in [1.165, 1.54) is 0 Å². The number of hydrogen-bond donors (Lipinski definition) is 2. The lowest BCUT2D eigenvalue weighted by molar-refractivity contribution is 0.0197. The zero-order valence-electron chi connectivity index (χ0n) is 15.1. The summed E-state index contributed by atoms with van der Waals surface area (Å²) in [4.78, 5) is 11.7. The van der Waals surface area contributed by atoms with Crippen LogP contribution in [0.3, 0.4) is 0 Å². The number of amides is 1. The van der Waals surface area contributed by atoms with Gasteiger partial charge in [-0.1, -0.05) is 13.8 Å². The fourth-order valence-electron chi connectivity index (χ4n) is 2.57. The Morgan fingerprint density at radius 2 is 2.00 bits per heavy atom. The monoisotopic (exact) mass is 314 g/mol. The Bertz CT molecular complexity index is 344. The first-order valence-corrected chi connectivity index (χ1v) is 8.43. The lowest BCUT2D eigenvalue weighted by Crippen LogP contribution is -2.43. The third-order valence-electron chi connectivity index (χ3n) is 4.06. The van der Waals surface area contributed by atoms with Crippen molar-refractivity contribution >= 4 is 6.09 Å². The van der Waals surface area contributed by atoms with E-state index in [0.717, 1.165) is 32.5 Å². The first-order valence-electron chi connectivity index (χ1n) is 8.43. The molecule has 1 rings (SSSR count). The predicted molar refractivity (Wildman–Crippen MR) is 89.0 cm³/mol. The van der Waals surface area contributed by atoms with Gasteiger partial charge in [-0.15, -0.1) is 0 Å². The average molecular weight is 314 g/mol. The lowest BCUT2D eigenvalue weighted by atomic mass is 9.95. The Kier molecular flexibility index (Phi) is 7.13. The third-order valence-corrected chi connectivity index (χ3v) is 4.06. The molecule has 0 bridgehead atoms. The molecule has 0 aliphatic carbocycles. The van der Waals surface area contributed by atoms with Gasteiger partial charge < -0.3 is 20.1 Å². The molecule has 22 heavy (non-hydrogen) atoms. The summed E-state index contributed by atoms with van der Waals surface area (Å²) in [5, 5.41) is 6.38. The number of ether oxygens (including phenoxy) is 2. The molecule has 2 N–H and O–H groups in total. The van der Waals surface area contributed by atoms with Crippen LogP contribution in [0.5, 0.6) is 0 Å². The van der Waals surface area contributed by atoms with Gasteiger partial charge in [0.1, 0.15) is 5.60 Å². The van der Waals surface area contributed by atoms with Gasteiger partial charge in [-0.2, -0.15) is 0 Å². The van der Waals surface area contributed by atoms with Gasteiger partial charge in [-0.25, -0.2) is 4.79 Å². The van der Waals surface area contributed by atoms with E-state index in [2.05, 4.69) is 31.4 Å². The largest absolute Gasteiger partial charge is 0.444 e. The molecule has 1 aliphatic heterocycles. The van der Waals surface area contributed by atoms with Crippen molar-refractivity contribution < 1.29 is 14.3 Å². The highest BCUT2D eigenvalue weighted by Crippen LogP contribution is 2.24.